The third kappa shape index (κ3) is 3.68. The average molecular weight is 378 g/mol. The van der Waals surface area contributed by atoms with Gasteiger partial charge in [0.1, 0.15) is 4.75 Å². The monoisotopic (exact) mass is 378 g/mol. The van der Waals surface area contributed by atoms with Crippen molar-refractivity contribution in [3.63, 3.8) is 0 Å². The van der Waals surface area contributed by atoms with Gasteiger partial charge in [0.25, 0.3) is 5.89 Å². The number of rotatable bonds is 3. The Bertz CT molecular complexity index is 747. The number of nitrogens with zero attached hydrogens (tertiary/aromatic N) is 2. The van der Waals surface area contributed by atoms with Gasteiger partial charge in [-0.15, -0.1) is 0 Å². The quantitative estimate of drug-likeness (QED) is 0.744. The van der Waals surface area contributed by atoms with E-state index in [1.165, 1.54) is 13.8 Å². The second-order valence-electron chi connectivity index (χ2n) is 7.25. The van der Waals surface area contributed by atoms with Crippen molar-refractivity contribution >= 4 is 10.6 Å². The Morgan fingerprint density at radius 1 is 0.960 bits per heavy atom. The lowest BCUT2D eigenvalue weighted by atomic mass is 9.96. The number of hydrogen-bond acceptors (Lipinski definition) is 5. The summed E-state index contributed by atoms with van der Waals surface area (Å²) < 4.78 is 63.3. The summed E-state index contributed by atoms with van der Waals surface area (Å²) >= 11 is 0. The molecule has 5 nitrogen and oxygen atoms in total. The van der Waals surface area contributed by atoms with Gasteiger partial charge in [-0.3, -0.25) is 9.11 Å². The fourth-order valence-electron chi connectivity index (χ4n) is 2.02. The Hall–Kier alpha value is -1.58. The summed E-state index contributed by atoms with van der Waals surface area (Å²) in [6.45, 7) is 8.63. The van der Waals surface area contributed by atoms with Gasteiger partial charge in [-0.25, -0.2) is 0 Å². The van der Waals surface area contributed by atoms with Crippen molar-refractivity contribution < 1.29 is 26.8 Å². The van der Waals surface area contributed by atoms with Crippen LogP contribution < -0.4 is 0 Å². The Balaban J connectivity index is 2.41. The van der Waals surface area contributed by atoms with Gasteiger partial charge >= 0.3 is 6.18 Å². The number of benzene rings is 1. The highest BCUT2D eigenvalue weighted by atomic mass is 32.3. The molecule has 2 rings (SSSR count). The van der Waals surface area contributed by atoms with E-state index in [9.17, 15) is 22.3 Å². The van der Waals surface area contributed by atoms with Gasteiger partial charge < -0.3 is 4.52 Å². The standard InChI is InChI=1S/C16H21F3N2O3S/c1-14(2,3)12-20-13(24-21-12)15(4,5)25(22,23)11-8-6-10(7-9-11)16(17,18)19/h6-9,22-23H,1-5H3. The summed E-state index contributed by atoms with van der Waals surface area (Å²) in [7, 11) is -3.55. The molecule has 2 aromatic rings. The van der Waals surface area contributed by atoms with Crippen LogP contribution in [0.3, 0.4) is 0 Å². The fraction of sp³-hybridized carbons (Fsp3) is 0.500. The summed E-state index contributed by atoms with van der Waals surface area (Å²) in [6.07, 6.45) is -4.49. The Morgan fingerprint density at radius 3 is 1.88 bits per heavy atom. The molecule has 0 saturated heterocycles. The molecule has 25 heavy (non-hydrogen) atoms. The van der Waals surface area contributed by atoms with E-state index in [1.807, 2.05) is 20.8 Å². The highest BCUT2D eigenvalue weighted by Gasteiger charge is 2.43. The van der Waals surface area contributed by atoms with Crippen LogP contribution >= 0.6 is 10.6 Å². The molecule has 0 aliphatic heterocycles. The molecule has 0 saturated carbocycles. The Labute approximate surface area is 145 Å². The third-order valence-corrected chi connectivity index (χ3v) is 6.36. The van der Waals surface area contributed by atoms with Gasteiger partial charge in [0, 0.05) is 5.41 Å². The first-order valence-corrected chi connectivity index (χ1v) is 9.02. The molecule has 0 atom stereocenters. The maximum Gasteiger partial charge on any atom is 0.416 e. The largest absolute Gasteiger partial charge is 0.416 e. The number of hydrogen-bond donors (Lipinski definition) is 2. The zero-order valence-corrected chi connectivity index (χ0v) is 15.4. The van der Waals surface area contributed by atoms with E-state index >= 15 is 0 Å². The second-order valence-corrected chi connectivity index (χ2v) is 9.84. The van der Waals surface area contributed by atoms with Crippen LogP contribution in [0.15, 0.2) is 33.7 Å². The van der Waals surface area contributed by atoms with Gasteiger partial charge in [-0.2, -0.15) is 28.7 Å². The van der Waals surface area contributed by atoms with Crippen LogP contribution in [0.4, 0.5) is 13.2 Å². The molecule has 1 aromatic heterocycles. The molecule has 9 heteroatoms. The molecule has 0 unspecified atom stereocenters. The third-order valence-electron chi connectivity index (χ3n) is 3.83. The summed E-state index contributed by atoms with van der Waals surface area (Å²) in [5.41, 5.74) is -1.26. The molecule has 0 radical (unpaired) electrons. The first-order valence-electron chi connectivity index (χ1n) is 7.47. The van der Waals surface area contributed by atoms with Crippen LogP contribution in [0, 0.1) is 0 Å². The topological polar surface area (TPSA) is 79.4 Å². The van der Waals surface area contributed by atoms with Crippen LogP contribution in [-0.2, 0) is 16.3 Å². The minimum atomic E-state index is -4.49. The summed E-state index contributed by atoms with van der Waals surface area (Å²) in [4.78, 5) is 4.22. The van der Waals surface area contributed by atoms with E-state index in [-0.39, 0.29) is 10.8 Å². The number of aromatic nitrogens is 2. The molecule has 0 amide bonds. The predicted molar refractivity (Wildman–Crippen MR) is 88.6 cm³/mol. The average Bonchev–Trinajstić information content (AvgIpc) is 2.96. The molecule has 0 aliphatic rings. The van der Waals surface area contributed by atoms with Gasteiger partial charge in [0.15, 0.2) is 5.82 Å². The van der Waals surface area contributed by atoms with Crippen LogP contribution in [-0.4, -0.2) is 19.2 Å². The van der Waals surface area contributed by atoms with Crippen LogP contribution in [0.1, 0.15) is 51.9 Å². The predicted octanol–water partition coefficient (Wildman–Crippen LogP) is 5.43. The maximum absolute atomic E-state index is 12.7. The van der Waals surface area contributed by atoms with Crippen LogP contribution in [0.5, 0.6) is 0 Å². The molecular formula is C16H21F3N2O3S. The zero-order valence-electron chi connectivity index (χ0n) is 14.5. The van der Waals surface area contributed by atoms with Gasteiger partial charge in [0.05, 0.1) is 10.5 Å². The van der Waals surface area contributed by atoms with Crippen molar-refractivity contribution in [1.82, 2.24) is 10.1 Å². The zero-order chi connectivity index (χ0) is 19.3. The van der Waals surface area contributed by atoms with E-state index in [4.69, 9.17) is 4.52 Å². The van der Waals surface area contributed by atoms with Gasteiger partial charge in [-0.05, 0) is 38.1 Å². The normalized spacial score (nSPS) is 14.6. The summed E-state index contributed by atoms with van der Waals surface area (Å²) in [5, 5.41) is 3.86. The molecular weight excluding hydrogens is 357 g/mol. The lowest BCUT2D eigenvalue weighted by molar-refractivity contribution is -0.137. The molecule has 0 spiro atoms. The minimum absolute atomic E-state index is 0.0114. The van der Waals surface area contributed by atoms with E-state index in [1.54, 1.807) is 0 Å². The first kappa shape index (κ1) is 19.7. The highest BCUT2D eigenvalue weighted by Crippen LogP contribution is 2.63. The van der Waals surface area contributed by atoms with Crippen molar-refractivity contribution in [2.45, 2.75) is 55.9 Å². The highest BCUT2D eigenvalue weighted by molar-refractivity contribution is 8.25. The Kier molecular flexibility index (Phi) is 4.73. The fourth-order valence-corrected chi connectivity index (χ4v) is 3.45. The van der Waals surface area contributed by atoms with Crippen molar-refractivity contribution in [2.24, 2.45) is 0 Å². The summed E-state index contributed by atoms with van der Waals surface area (Å²) in [5.74, 6) is 0.413. The van der Waals surface area contributed by atoms with E-state index in [0.717, 1.165) is 24.3 Å². The molecule has 2 N–H and O–H groups in total. The number of halogens is 3. The molecule has 0 aliphatic carbocycles. The lowest BCUT2D eigenvalue weighted by Crippen LogP contribution is -2.27. The second kappa shape index (κ2) is 6.00. The molecule has 0 fully saturated rings. The minimum Gasteiger partial charge on any atom is -0.337 e. The van der Waals surface area contributed by atoms with Crippen LogP contribution in [0.2, 0.25) is 0 Å². The molecule has 140 valence electrons. The van der Waals surface area contributed by atoms with E-state index in [0.29, 0.717) is 5.82 Å². The van der Waals surface area contributed by atoms with Crippen molar-refractivity contribution in [3.05, 3.63) is 41.5 Å². The Morgan fingerprint density at radius 2 is 1.48 bits per heavy atom. The lowest BCUT2D eigenvalue weighted by Gasteiger charge is -2.44. The molecule has 1 aromatic carbocycles. The van der Waals surface area contributed by atoms with Crippen molar-refractivity contribution in [3.8, 4) is 0 Å². The van der Waals surface area contributed by atoms with Gasteiger partial charge in [-0.1, -0.05) is 25.9 Å². The first-order chi connectivity index (χ1) is 11.2. The van der Waals surface area contributed by atoms with Gasteiger partial charge in [0.2, 0.25) is 0 Å². The maximum atomic E-state index is 12.7. The van der Waals surface area contributed by atoms with Crippen LogP contribution in [0.25, 0.3) is 0 Å². The van der Waals surface area contributed by atoms with Crippen molar-refractivity contribution in [2.75, 3.05) is 0 Å². The number of alkyl halides is 3. The van der Waals surface area contributed by atoms with E-state index < -0.39 is 32.5 Å². The van der Waals surface area contributed by atoms with E-state index in [2.05, 4.69) is 10.1 Å². The SMILES string of the molecule is CC(C)(C)c1noc(C(C)(C)S(O)(O)c2ccc(C(F)(F)F)cc2)n1. The smallest absolute Gasteiger partial charge is 0.337 e. The summed E-state index contributed by atoms with van der Waals surface area (Å²) in [6, 6.07) is 3.74. The molecule has 0 bridgehead atoms. The van der Waals surface area contributed by atoms with Crippen molar-refractivity contribution in [1.29, 1.82) is 0 Å². The molecule has 1 heterocycles.